The Labute approximate surface area is 200 Å². The van der Waals surface area contributed by atoms with Gasteiger partial charge in [0.25, 0.3) is 5.91 Å². The van der Waals surface area contributed by atoms with Gasteiger partial charge in [0.1, 0.15) is 0 Å². The molecule has 2 aromatic carbocycles. The predicted octanol–water partition coefficient (Wildman–Crippen LogP) is 5.10. The lowest BCUT2D eigenvalue weighted by atomic mass is 10.0. The van der Waals surface area contributed by atoms with Gasteiger partial charge < -0.3 is 15.4 Å². The van der Waals surface area contributed by atoms with Gasteiger partial charge in [-0.25, -0.2) is 13.2 Å². The molecule has 2 heterocycles. The highest BCUT2D eigenvalue weighted by atomic mass is 35.5. The van der Waals surface area contributed by atoms with Crippen molar-refractivity contribution >= 4 is 62.3 Å². The second-order valence-corrected chi connectivity index (χ2v) is 10.6. The Morgan fingerprint density at radius 2 is 1.76 bits per heavy atom. The molecule has 0 aliphatic carbocycles. The number of H-pyrrole nitrogens is 1. The van der Waals surface area contributed by atoms with E-state index in [2.05, 4.69) is 10.3 Å². The van der Waals surface area contributed by atoms with E-state index in [1.165, 1.54) is 42.5 Å². The second-order valence-electron chi connectivity index (χ2n) is 7.73. The van der Waals surface area contributed by atoms with Gasteiger partial charge in [0.15, 0.2) is 9.84 Å². The Morgan fingerprint density at radius 3 is 2.36 bits per heavy atom. The van der Waals surface area contributed by atoms with Crippen LogP contribution in [0.4, 0.5) is 5.69 Å². The van der Waals surface area contributed by atoms with Crippen LogP contribution in [0.1, 0.15) is 38.4 Å². The van der Waals surface area contributed by atoms with Gasteiger partial charge in [-0.05, 0) is 67.4 Å². The van der Waals surface area contributed by atoms with Crippen LogP contribution in [0.25, 0.3) is 11.6 Å². The molecule has 170 valence electrons. The number of carbonyl (C=O) groups is 2. The molecule has 0 atom stereocenters. The van der Waals surface area contributed by atoms with E-state index in [1.54, 1.807) is 13.8 Å². The van der Waals surface area contributed by atoms with Crippen molar-refractivity contribution in [3.8, 4) is 0 Å². The molecule has 7 nitrogen and oxygen atoms in total. The van der Waals surface area contributed by atoms with Gasteiger partial charge in [-0.15, -0.1) is 0 Å². The normalized spacial score (nSPS) is 14.4. The molecule has 4 rings (SSSR count). The first-order valence-corrected chi connectivity index (χ1v) is 12.1. The number of aryl methyl sites for hydroxylation is 1. The van der Waals surface area contributed by atoms with Crippen LogP contribution < -0.4 is 5.32 Å². The number of benzene rings is 2. The Kier molecular flexibility index (Phi) is 5.86. The van der Waals surface area contributed by atoms with Crippen molar-refractivity contribution in [2.24, 2.45) is 0 Å². The summed E-state index contributed by atoms with van der Waals surface area (Å²) in [5.74, 6) is -1.80. The number of anilines is 1. The Bertz CT molecular complexity index is 1450. The van der Waals surface area contributed by atoms with E-state index >= 15 is 0 Å². The van der Waals surface area contributed by atoms with Gasteiger partial charge >= 0.3 is 5.97 Å². The average Bonchev–Trinajstić information content (AvgIpc) is 3.15. The number of halogens is 2. The van der Waals surface area contributed by atoms with Crippen molar-refractivity contribution in [1.82, 2.24) is 4.98 Å². The summed E-state index contributed by atoms with van der Waals surface area (Å²) in [7, 11) is -3.77. The first-order chi connectivity index (χ1) is 15.5. The van der Waals surface area contributed by atoms with Crippen LogP contribution in [0.2, 0.25) is 10.0 Å². The number of rotatable bonds is 5. The number of nitrogens with one attached hydrogen (secondary N) is 2. The molecule has 0 bridgehead atoms. The summed E-state index contributed by atoms with van der Waals surface area (Å²) in [5.41, 5.74) is 3.09. The zero-order chi connectivity index (χ0) is 24.1. The number of amides is 1. The number of carbonyl (C=O) groups excluding carboxylic acids is 1. The quantitative estimate of drug-likeness (QED) is 0.417. The minimum atomic E-state index is -3.77. The van der Waals surface area contributed by atoms with E-state index in [9.17, 15) is 23.1 Å². The van der Waals surface area contributed by atoms with E-state index in [4.69, 9.17) is 23.2 Å². The molecular weight excluding hydrogens is 487 g/mol. The third kappa shape index (κ3) is 4.42. The predicted molar refractivity (Wildman–Crippen MR) is 128 cm³/mol. The first kappa shape index (κ1) is 23.1. The van der Waals surface area contributed by atoms with E-state index in [1.807, 2.05) is 0 Å². The number of aromatic nitrogens is 1. The fourth-order valence-electron chi connectivity index (χ4n) is 3.88. The van der Waals surface area contributed by atoms with Crippen molar-refractivity contribution in [2.75, 3.05) is 5.32 Å². The number of carboxylic acids is 1. The van der Waals surface area contributed by atoms with Crippen LogP contribution in [0.15, 0.2) is 41.3 Å². The summed E-state index contributed by atoms with van der Waals surface area (Å²) in [6.07, 6.45) is 1.53. The van der Waals surface area contributed by atoms with Gasteiger partial charge in [-0.2, -0.15) is 0 Å². The number of carboxylic acid groups (broad SMARTS) is 1. The lowest BCUT2D eigenvalue weighted by Gasteiger charge is -2.08. The standard InChI is InChI=1S/C23H18Cl2N2O5S/c1-11-20(26-12(2)21(11)23(29)30)9-18-17-8-16(3-4-19(17)27-22(18)28)33(31,32)10-13-5-14(24)7-15(25)6-13/h3-9,26H,10H2,1-2H3,(H,27,28)(H,29,30). The Hall–Kier alpha value is -3.07. The second kappa shape index (κ2) is 8.37. The van der Waals surface area contributed by atoms with Crippen LogP contribution in [0.5, 0.6) is 0 Å². The Morgan fingerprint density at radius 1 is 1.09 bits per heavy atom. The number of aromatic carboxylic acids is 1. The molecule has 0 saturated carbocycles. The highest BCUT2D eigenvalue weighted by Gasteiger charge is 2.28. The average molecular weight is 505 g/mol. The van der Waals surface area contributed by atoms with E-state index in [-0.39, 0.29) is 21.8 Å². The molecular formula is C23H18Cl2N2O5S. The summed E-state index contributed by atoms with van der Waals surface area (Å²) < 4.78 is 26.1. The van der Waals surface area contributed by atoms with E-state index in [0.29, 0.717) is 43.8 Å². The van der Waals surface area contributed by atoms with Gasteiger partial charge in [-0.3, -0.25) is 4.79 Å². The molecule has 1 aliphatic rings. The third-order valence-electron chi connectivity index (χ3n) is 5.39. The minimum absolute atomic E-state index is 0.0327. The maximum absolute atomic E-state index is 13.1. The van der Waals surface area contributed by atoms with Crippen molar-refractivity contribution < 1.29 is 23.1 Å². The van der Waals surface area contributed by atoms with Crippen LogP contribution in [-0.4, -0.2) is 30.4 Å². The first-order valence-electron chi connectivity index (χ1n) is 9.74. The van der Waals surface area contributed by atoms with Crippen molar-refractivity contribution in [3.05, 3.63) is 80.1 Å². The molecule has 33 heavy (non-hydrogen) atoms. The van der Waals surface area contributed by atoms with Crippen LogP contribution >= 0.6 is 23.2 Å². The number of sulfone groups is 1. The van der Waals surface area contributed by atoms with E-state index in [0.717, 1.165) is 0 Å². The van der Waals surface area contributed by atoms with Gasteiger partial charge in [0.2, 0.25) is 0 Å². The molecule has 10 heteroatoms. The molecule has 1 aliphatic heterocycles. The number of aromatic amines is 1. The zero-order valence-corrected chi connectivity index (χ0v) is 19.8. The molecule has 3 N–H and O–H groups in total. The molecule has 0 unspecified atom stereocenters. The largest absolute Gasteiger partial charge is 0.478 e. The highest BCUT2D eigenvalue weighted by Crippen LogP contribution is 2.36. The van der Waals surface area contributed by atoms with Crippen molar-refractivity contribution in [2.45, 2.75) is 24.5 Å². The lowest BCUT2D eigenvalue weighted by Crippen LogP contribution is -2.05. The van der Waals surface area contributed by atoms with Crippen LogP contribution in [-0.2, 0) is 20.4 Å². The fourth-order valence-corrected chi connectivity index (χ4v) is 5.80. The van der Waals surface area contributed by atoms with Gasteiger partial charge in [0, 0.05) is 32.7 Å². The number of hydrogen-bond donors (Lipinski definition) is 3. The minimum Gasteiger partial charge on any atom is -0.478 e. The van der Waals surface area contributed by atoms with Crippen molar-refractivity contribution in [3.63, 3.8) is 0 Å². The van der Waals surface area contributed by atoms with Crippen molar-refractivity contribution in [1.29, 1.82) is 0 Å². The van der Waals surface area contributed by atoms with Crippen LogP contribution in [0, 0.1) is 13.8 Å². The summed E-state index contributed by atoms with van der Waals surface area (Å²) in [6, 6.07) is 8.97. The SMILES string of the molecule is Cc1[nH]c(C=C2C(=O)Nc3ccc(S(=O)(=O)Cc4cc(Cl)cc(Cl)c4)cc32)c(C)c1C(=O)O. The number of fused-ring (bicyclic) bond motifs is 1. The highest BCUT2D eigenvalue weighted by molar-refractivity contribution is 7.90. The van der Waals surface area contributed by atoms with Gasteiger partial charge in [0.05, 0.1) is 21.8 Å². The molecule has 0 saturated heterocycles. The molecule has 1 aromatic heterocycles. The molecule has 3 aromatic rings. The molecule has 0 spiro atoms. The topological polar surface area (TPSA) is 116 Å². The van der Waals surface area contributed by atoms with E-state index < -0.39 is 21.7 Å². The number of hydrogen-bond acceptors (Lipinski definition) is 4. The summed E-state index contributed by atoms with van der Waals surface area (Å²) in [4.78, 5) is 27.1. The third-order valence-corrected chi connectivity index (χ3v) is 7.51. The fraction of sp³-hybridized carbons (Fsp3) is 0.130. The van der Waals surface area contributed by atoms with Crippen LogP contribution in [0.3, 0.4) is 0 Å². The monoisotopic (exact) mass is 504 g/mol. The maximum Gasteiger partial charge on any atom is 0.337 e. The maximum atomic E-state index is 13.1. The molecule has 1 amide bonds. The lowest BCUT2D eigenvalue weighted by molar-refractivity contribution is -0.110. The van der Waals surface area contributed by atoms with Gasteiger partial charge in [-0.1, -0.05) is 23.2 Å². The summed E-state index contributed by atoms with van der Waals surface area (Å²) >= 11 is 12.0. The Balaban J connectivity index is 1.75. The summed E-state index contributed by atoms with van der Waals surface area (Å²) in [5, 5.41) is 12.8. The molecule has 0 radical (unpaired) electrons. The zero-order valence-electron chi connectivity index (χ0n) is 17.5. The summed E-state index contributed by atoms with van der Waals surface area (Å²) in [6.45, 7) is 3.28. The molecule has 0 fully saturated rings. The smallest absolute Gasteiger partial charge is 0.337 e.